The Bertz CT molecular complexity index is 470. The van der Waals surface area contributed by atoms with Crippen LogP contribution in [0.15, 0.2) is 18.2 Å². The van der Waals surface area contributed by atoms with Crippen LogP contribution in [0.5, 0.6) is 5.75 Å². The first-order valence-electron chi connectivity index (χ1n) is 5.36. The molecule has 1 atom stereocenters. The average Bonchev–Trinajstić information content (AvgIpc) is 2.40. The summed E-state index contributed by atoms with van der Waals surface area (Å²) in [6.07, 6.45) is 0.222. The molecule has 1 aliphatic heterocycles. The highest BCUT2D eigenvalue weighted by molar-refractivity contribution is 5.84. The number of aromatic hydroxyl groups is 1. The lowest BCUT2D eigenvalue weighted by molar-refractivity contribution is -0.141. The minimum absolute atomic E-state index is 0.148. The van der Waals surface area contributed by atoms with Gasteiger partial charge in [-0.05, 0) is 29.7 Å². The highest BCUT2D eigenvalue weighted by Crippen LogP contribution is 2.23. The van der Waals surface area contributed by atoms with E-state index in [9.17, 15) is 14.7 Å². The van der Waals surface area contributed by atoms with E-state index < -0.39 is 11.9 Å². The second-order valence-electron chi connectivity index (χ2n) is 4.17. The van der Waals surface area contributed by atoms with Crippen molar-refractivity contribution in [1.29, 1.82) is 0 Å². The Morgan fingerprint density at radius 1 is 1.41 bits per heavy atom. The zero-order chi connectivity index (χ0) is 12.4. The molecule has 0 aromatic heterocycles. The number of carbonyl (C=O) groups is 2. The van der Waals surface area contributed by atoms with Crippen LogP contribution in [-0.4, -0.2) is 22.1 Å². The van der Waals surface area contributed by atoms with Crippen LogP contribution in [0.1, 0.15) is 17.5 Å². The van der Waals surface area contributed by atoms with Crippen LogP contribution in [0.25, 0.3) is 0 Å². The molecule has 0 fully saturated rings. The van der Waals surface area contributed by atoms with Gasteiger partial charge in [0.15, 0.2) is 0 Å². The second kappa shape index (κ2) is 4.45. The molecule has 1 amide bonds. The van der Waals surface area contributed by atoms with Gasteiger partial charge in [0.05, 0.1) is 12.3 Å². The minimum Gasteiger partial charge on any atom is -0.508 e. The van der Waals surface area contributed by atoms with E-state index in [-0.39, 0.29) is 18.1 Å². The van der Waals surface area contributed by atoms with Gasteiger partial charge >= 0.3 is 5.97 Å². The lowest BCUT2D eigenvalue weighted by Crippen LogP contribution is -2.30. The van der Waals surface area contributed by atoms with Gasteiger partial charge in [-0.3, -0.25) is 9.59 Å². The van der Waals surface area contributed by atoms with E-state index >= 15 is 0 Å². The molecule has 1 aromatic carbocycles. The summed E-state index contributed by atoms with van der Waals surface area (Å²) in [5.41, 5.74) is 1.75. The van der Waals surface area contributed by atoms with Crippen LogP contribution >= 0.6 is 0 Å². The molecule has 0 radical (unpaired) electrons. The number of carboxylic acid groups (broad SMARTS) is 1. The summed E-state index contributed by atoms with van der Waals surface area (Å²) in [4.78, 5) is 22.3. The van der Waals surface area contributed by atoms with Crippen LogP contribution in [0.4, 0.5) is 0 Å². The number of amides is 1. The molecular formula is C12H13NO4. The lowest BCUT2D eigenvalue weighted by Gasteiger charge is -2.10. The summed E-state index contributed by atoms with van der Waals surface area (Å²) in [5.74, 6) is -1.62. The number of hydrogen-bond donors (Lipinski definition) is 3. The molecule has 0 bridgehead atoms. The first kappa shape index (κ1) is 11.4. The molecule has 0 saturated carbocycles. The number of rotatable bonds is 2. The number of fused-ring (bicyclic) bond motifs is 1. The summed E-state index contributed by atoms with van der Waals surface area (Å²) in [7, 11) is 0. The fourth-order valence-electron chi connectivity index (χ4n) is 2.04. The molecule has 0 saturated heterocycles. The number of phenolic OH excluding ortho intramolecular Hbond substituents is 1. The van der Waals surface area contributed by atoms with Gasteiger partial charge in [-0.2, -0.15) is 0 Å². The number of benzene rings is 1. The first-order valence-corrected chi connectivity index (χ1v) is 5.36. The predicted octanol–water partition coefficient (Wildman–Crippen LogP) is 0.655. The number of hydrogen-bond acceptors (Lipinski definition) is 3. The lowest BCUT2D eigenvalue weighted by atomic mass is 9.94. The SMILES string of the molecule is O=C(O)C[C@H]1Cc2ccc(O)cc2CNC1=O. The van der Waals surface area contributed by atoms with E-state index in [1.807, 2.05) is 0 Å². The maximum atomic E-state index is 11.7. The van der Waals surface area contributed by atoms with Gasteiger partial charge < -0.3 is 15.5 Å². The fourth-order valence-corrected chi connectivity index (χ4v) is 2.04. The molecule has 5 heteroatoms. The van der Waals surface area contributed by atoms with E-state index in [0.717, 1.165) is 11.1 Å². The zero-order valence-corrected chi connectivity index (χ0v) is 9.14. The molecule has 17 heavy (non-hydrogen) atoms. The van der Waals surface area contributed by atoms with Crippen LogP contribution in [-0.2, 0) is 22.6 Å². The maximum Gasteiger partial charge on any atom is 0.304 e. The molecule has 1 aliphatic rings. The highest BCUT2D eigenvalue weighted by atomic mass is 16.4. The first-order chi connectivity index (χ1) is 8.06. The Labute approximate surface area is 98.1 Å². The van der Waals surface area contributed by atoms with Crippen molar-refractivity contribution in [3.63, 3.8) is 0 Å². The smallest absolute Gasteiger partial charge is 0.304 e. The van der Waals surface area contributed by atoms with Gasteiger partial charge in [0, 0.05) is 6.54 Å². The van der Waals surface area contributed by atoms with Crippen LogP contribution < -0.4 is 5.32 Å². The highest BCUT2D eigenvalue weighted by Gasteiger charge is 2.25. The van der Waals surface area contributed by atoms with Crippen LogP contribution in [0.3, 0.4) is 0 Å². The fraction of sp³-hybridized carbons (Fsp3) is 0.333. The molecular weight excluding hydrogens is 222 g/mol. The third-order valence-electron chi connectivity index (χ3n) is 2.90. The van der Waals surface area contributed by atoms with Crippen molar-refractivity contribution in [2.45, 2.75) is 19.4 Å². The number of carbonyl (C=O) groups excluding carboxylic acids is 1. The van der Waals surface area contributed by atoms with E-state index in [4.69, 9.17) is 5.11 Å². The molecule has 2 rings (SSSR count). The summed E-state index contributed by atoms with van der Waals surface area (Å²) < 4.78 is 0. The largest absolute Gasteiger partial charge is 0.508 e. The van der Waals surface area contributed by atoms with Crippen molar-refractivity contribution in [2.24, 2.45) is 5.92 Å². The predicted molar refractivity (Wildman–Crippen MR) is 59.4 cm³/mol. The number of aliphatic carboxylic acids is 1. The Morgan fingerprint density at radius 3 is 2.88 bits per heavy atom. The van der Waals surface area contributed by atoms with E-state index in [1.165, 1.54) is 0 Å². The molecule has 0 spiro atoms. The topological polar surface area (TPSA) is 86.6 Å². The van der Waals surface area contributed by atoms with Gasteiger partial charge in [0.2, 0.25) is 5.91 Å². The quantitative estimate of drug-likeness (QED) is 0.702. The standard InChI is InChI=1S/C12H13NO4/c14-10-2-1-7-3-8(5-11(15)16)12(17)13-6-9(7)4-10/h1-2,4,8,14H,3,5-6H2,(H,13,17)(H,15,16)/t8-/m1/s1. The summed E-state index contributed by atoms with van der Waals surface area (Å²) >= 11 is 0. The number of carboxylic acids is 1. The van der Waals surface area contributed by atoms with Crippen molar-refractivity contribution in [3.05, 3.63) is 29.3 Å². The Balaban J connectivity index is 2.27. The number of phenols is 1. The average molecular weight is 235 g/mol. The van der Waals surface area contributed by atoms with Crippen molar-refractivity contribution in [1.82, 2.24) is 5.32 Å². The number of nitrogens with one attached hydrogen (secondary N) is 1. The molecule has 90 valence electrons. The van der Waals surface area contributed by atoms with E-state index in [2.05, 4.69) is 5.32 Å². The Morgan fingerprint density at radius 2 is 2.18 bits per heavy atom. The third-order valence-corrected chi connectivity index (χ3v) is 2.90. The molecule has 0 unspecified atom stereocenters. The van der Waals surface area contributed by atoms with Crippen LogP contribution in [0, 0.1) is 5.92 Å². The summed E-state index contributed by atoms with van der Waals surface area (Å²) in [6, 6.07) is 4.88. The third kappa shape index (κ3) is 2.55. The zero-order valence-electron chi connectivity index (χ0n) is 9.14. The molecule has 1 aromatic rings. The van der Waals surface area contributed by atoms with Crippen molar-refractivity contribution >= 4 is 11.9 Å². The van der Waals surface area contributed by atoms with Gasteiger partial charge in [0.25, 0.3) is 0 Å². The molecule has 1 heterocycles. The molecule has 5 nitrogen and oxygen atoms in total. The van der Waals surface area contributed by atoms with Gasteiger partial charge in [-0.15, -0.1) is 0 Å². The van der Waals surface area contributed by atoms with Gasteiger partial charge in [-0.25, -0.2) is 0 Å². The Kier molecular flexibility index (Phi) is 2.99. The van der Waals surface area contributed by atoms with Crippen molar-refractivity contribution in [2.75, 3.05) is 0 Å². The van der Waals surface area contributed by atoms with E-state index in [0.29, 0.717) is 13.0 Å². The minimum atomic E-state index is -0.979. The normalized spacial score (nSPS) is 19.1. The van der Waals surface area contributed by atoms with E-state index in [1.54, 1.807) is 18.2 Å². The maximum absolute atomic E-state index is 11.7. The second-order valence-corrected chi connectivity index (χ2v) is 4.17. The van der Waals surface area contributed by atoms with Gasteiger partial charge in [-0.1, -0.05) is 6.07 Å². The summed E-state index contributed by atoms with van der Waals surface area (Å²) in [6.45, 7) is 0.332. The molecule has 3 N–H and O–H groups in total. The van der Waals surface area contributed by atoms with Gasteiger partial charge in [0.1, 0.15) is 5.75 Å². The van der Waals surface area contributed by atoms with Crippen molar-refractivity contribution in [3.8, 4) is 5.75 Å². The van der Waals surface area contributed by atoms with Crippen LogP contribution in [0.2, 0.25) is 0 Å². The Hall–Kier alpha value is -2.04. The monoisotopic (exact) mass is 235 g/mol. The molecule has 0 aliphatic carbocycles. The summed E-state index contributed by atoms with van der Waals surface area (Å²) in [5, 5.41) is 20.8. The van der Waals surface area contributed by atoms with Crippen molar-refractivity contribution < 1.29 is 19.8 Å².